The van der Waals surface area contributed by atoms with Crippen molar-refractivity contribution in [2.75, 3.05) is 19.5 Å². The number of nitrogens with one attached hydrogen (secondary N) is 1. The Bertz CT molecular complexity index is 844. The Morgan fingerprint density at radius 1 is 1.17 bits per heavy atom. The average molecular weight is 327 g/mol. The molecule has 0 spiro atoms. The maximum Gasteiger partial charge on any atom is 0.225 e. The molecule has 0 fully saturated rings. The molecule has 2 heterocycles. The molecule has 0 unspecified atom stereocenters. The third kappa shape index (κ3) is 2.97. The van der Waals surface area contributed by atoms with Gasteiger partial charge in [0.05, 0.1) is 26.7 Å². The van der Waals surface area contributed by atoms with Gasteiger partial charge < -0.3 is 19.4 Å². The third-order valence-electron chi connectivity index (χ3n) is 3.79. The number of benzene rings is 1. The van der Waals surface area contributed by atoms with Crippen LogP contribution in [0.3, 0.4) is 0 Å². The average Bonchev–Trinajstić information content (AvgIpc) is 3.02. The molecule has 0 aliphatic rings. The second kappa shape index (κ2) is 6.74. The van der Waals surface area contributed by atoms with Gasteiger partial charge >= 0.3 is 0 Å². The molecule has 1 aromatic carbocycles. The Balaban J connectivity index is 1.85. The van der Waals surface area contributed by atoms with Crippen molar-refractivity contribution in [1.82, 2.24) is 19.5 Å². The molecule has 24 heavy (non-hydrogen) atoms. The second-order valence-corrected chi connectivity index (χ2v) is 5.65. The fourth-order valence-electron chi connectivity index (χ4n) is 2.56. The Kier molecular flexibility index (Phi) is 4.50. The lowest BCUT2D eigenvalue weighted by Crippen LogP contribution is -2.07. The molecule has 3 rings (SSSR count). The highest BCUT2D eigenvalue weighted by Gasteiger charge is 2.11. The number of hydrogen-bond acceptors (Lipinski definition) is 6. The molecule has 0 radical (unpaired) electrons. The summed E-state index contributed by atoms with van der Waals surface area (Å²) in [5.74, 6) is 1.96. The molecule has 7 heteroatoms. The number of aromatic nitrogens is 4. The van der Waals surface area contributed by atoms with Gasteiger partial charge in [0, 0.05) is 18.2 Å². The summed E-state index contributed by atoms with van der Waals surface area (Å²) in [5, 5.41) is 3.24. The summed E-state index contributed by atoms with van der Waals surface area (Å²) in [6, 6.07) is 6.06. The van der Waals surface area contributed by atoms with Crippen LogP contribution in [0.4, 0.5) is 5.95 Å². The van der Waals surface area contributed by atoms with Gasteiger partial charge in [0.2, 0.25) is 5.95 Å². The quantitative estimate of drug-likeness (QED) is 0.750. The van der Waals surface area contributed by atoms with E-state index in [1.165, 1.54) is 0 Å². The van der Waals surface area contributed by atoms with Crippen molar-refractivity contribution in [3.8, 4) is 11.5 Å². The van der Waals surface area contributed by atoms with Crippen LogP contribution in [-0.4, -0.2) is 33.7 Å². The zero-order valence-electron chi connectivity index (χ0n) is 14.3. The summed E-state index contributed by atoms with van der Waals surface area (Å²) in [6.45, 7) is 4.72. The number of fused-ring (bicyclic) bond motifs is 1. The Hall–Kier alpha value is -2.83. The van der Waals surface area contributed by atoms with Gasteiger partial charge in [0.25, 0.3) is 0 Å². The molecule has 0 aliphatic heterocycles. The zero-order valence-corrected chi connectivity index (χ0v) is 14.3. The van der Waals surface area contributed by atoms with Crippen molar-refractivity contribution in [3.63, 3.8) is 0 Å². The first-order valence-electron chi connectivity index (χ1n) is 7.77. The summed E-state index contributed by atoms with van der Waals surface area (Å²) >= 11 is 0. The summed E-state index contributed by atoms with van der Waals surface area (Å²) in [6.07, 6.45) is 3.52. The lowest BCUT2D eigenvalue weighted by molar-refractivity contribution is 0.352. The predicted molar refractivity (Wildman–Crippen MR) is 92.6 cm³/mol. The van der Waals surface area contributed by atoms with E-state index in [0.29, 0.717) is 24.0 Å². The van der Waals surface area contributed by atoms with E-state index in [1.807, 2.05) is 22.8 Å². The number of methoxy groups -OCH3 is 2. The molecule has 0 saturated carbocycles. The molecule has 0 aliphatic carbocycles. The van der Waals surface area contributed by atoms with Crippen LogP contribution in [-0.2, 0) is 6.54 Å². The van der Waals surface area contributed by atoms with Crippen molar-refractivity contribution < 1.29 is 9.47 Å². The van der Waals surface area contributed by atoms with Crippen LogP contribution in [0.25, 0.3) is 11.2 Å². The van der Waals surface area contributed by atoms with Crippen molar-refractivity contribution in [2.24, 2.45) is 0 Å². The minimum absolute atomic E-state index is 0.288. The van der Waals surface area contributed by atoms with E-state index < -0.39 is 0 Å². The second-order valence-electron chi connectivity index (χ2n) is 5.65. The topological polar surface area (TPSA) is 74.1 Å². The molecule has 3 aromatic rings. The predicted octanol–water partition coefficient (Wildman–Crippen LogP) is 3.04. The van der Waals surface area contributed by atoms with Gasteiger partial charge in [-0.1, -0.05) is 12.1 Å². The lowest BCUT2D eigenvalue weighted by atomic mass is 10.2. The van der Waals surface area contributed by atoms with E-state index in [-0.39, 0.29) is 6.04 Å². The Morgan fingerprint density at radius 2 is 2.00 bits per heavy atom. The van der Waals surface area contributed by atoms with Gasteiger partial charge in [-0.05, 0) is 19.9 Å². The minimum Gasteiger partial charge on any atom is -0.493 e. The maximum absolute atomic E-state index is 5.44. The molecule has 2 aromatic heterocycles. The molecule has 0 amide bonds. The number of nitrogens with zero attached hydrogens (tertiary/aromatic N) is 4. The standard InChI is InChI=1S/C17H21N5O2/c1-11(2)22-10-20-13-9-19-17(21-16(13)22)18-8-12-6-5-7-14(23-3)15(12)24-4/h5-7,9-11H,8H2,1-4H3,(H,18,19,21). The monoisotopic (exact) mass is 327 g/mol. The first-order valence-corrected chi connectivity index (χ1v) is 7.77. The molecule has 0 bridgehead atoms. The van der Waals surface area contributed by atoms with Crippen LogP contribution >= 0.6 is 0 Å². The minimum atomic E-state index is 0.288. The number of imidazole rings is 1. The van der Waals surface area contributed by atoms with E-state index >= 15 is 0 Å². The zero-order chi connectivity index (χ0) is 17.1. The molecule has 7 nitrogen and oxygen atoms in total. The third-order valence-corrected chi connectivity index (χ3v) is 3.79. The molecular weight excluding hydrogens is 306 g/mol. The molecule has 0 saturated heterocycles. The smallest absolute Gasteiger partial charge is 0.225 e. The highest BCUT2D eigenvalue weighted by Crippen LogP contribution is 2.31. The van der Waals surface area contributed by atoms with Gasteiger partial charge in [0.15, 0.2) is 17.1 Å². The van der Waals surface area contributed by atoms with Gasteiger partial charge in [-0.15, -0.1) is 0 Å². The molecular formula is C17H21N5O2. The fraction of sp³-hybridized carbons (Fsp3) is 0.353. The van der Waals surface area contributed by atoms with Gasteiger partial charge in [-0.2, -0.15) is 4.98 Å². The van der Waals surface area contributed by atoms with Gasteiger partial charge in [0.1, 0.15) is 5.52 Å². The van der Waals surface area contributed by atoms with Crippen LogP contribution in [0.1, 0.15) is 25.5 Å². The van der Waals surface area contributed by atoms with Crippen LogP contribution in [0.15, 0.2) is 30.7 Å². The van der Waals surface area contributed by atoms with E-state index in [9.17, 15) is 0 Å². The van der Waals surface area contributed by atoms with Crippen molar-refractivity contribution in [2.45, 2.75) is 26.4 Å². The largest absolute Gasteiger partial charge is 0.493 e. The number of rotatable bonds is 6. The number of anilines is 1. The van der Waals surface area contributed by atoms with Crippen LogP contribution < -0.4 is 14.8 Å². The van der Waals surface area contributed by atoms with Crippen LogP contribution in [0.5, 0.6) is 11.5 Å². The number of ether oxygens (including phenoxy) is 2. The van der Waals surface area contributed by atoms with Crippen LogP contribution in [0.2, 0.25) is 0 Å². The summed E-state index contributed by atoms with van der Waals surface area (Å²) in [5.41, 5.74) is 2.58. The first-order chi connectivity index (χ1) is 11.6. The summed E-state index contributed by atoms with van der Waals surface area (Å²) in [7, 11) is 3.25. The molecule has 126 valence electrons. The van der Waals surface area contributed by atoms with E-state index in [2.05, 4.69) is 34.1 Å². The number of hydrogen-bond donors (Lipinski definition) is 1. The van der Waals surface area contributed by atoms with E-state index in [1.54, 1.807) is 26.7 Å². The summed E-state index contributed by atoms with van der Waals surface area (Å²) in [4.78, 5) is 13.2. The first kappa shape index (κ1) is 16.0. The van der Waals surface area contributed by atoms with Crippen molar-refractivity contribution in [1.29, 1.82) is 0 Å². The SMILES string of the molecule is COc1cccc(CNc2ncc3ncn(C(C)C)c3n2)c1OC. The fourth-order valence-corrected chi connectivity index (χ4v) is 2.56. The molecule has 1 N–H and O–H groups in total. The van der Waals surface area contributed by atoms with Crippen LogP contribution in [0, 0.1) is 0 Å². The van der Waals surface area contributed by atoms with E-state index in [4.69, 9.17) is 9.47 Å². The Morgan fingerprint density at radius 3 is 2.71 bits per heavy atom. The Labute approximate surface area is 140 Å². The normalized spacial score (nSPS) is 11.0. The molecule has 0 atom stereocenters. The van der Waals surface area contributed by atoms with Gasteiger partial charge in [-0.25, -0.2) is 9.97 Å². The van der Waals surface area contributed by atoms with Crippen molar-refractivity contribution >= 4 is 17.1 Å². The number of para-hydroxylation sites is 1. The maximum atomic E-state index is 5.44. The van der Waals surface area contributed by atoms with Gasteiger partial charge in [-0.3, -0.25) is 0 Å². The summed E-state index contributed by atoms with van der Waals surface area (Å²) < 4.78 is 12.8. The van der Waals surface area contributed by atoms with Crippen molar-refractivity contribution in [3.05, 3.63) is 36.3 Å². The van der Waals surface area contributed by atoms with E-state index in [0.717, 1.165) is 16.7 Å². The lowest BCUT2D eigenvalue weighted by Gasteiger charge is -2.13. The highest BCUT2D eigenvalue weighted by atomic mass is 16.5. The highest BCUT2D eigenvalue weighted by molar-refractivity contribution is 5.71.